The number of hydrogen-bond donors (Lipinski definition) is 2. The van der Waals surface area contributed by atoms with E-state index < -0.39 is 10.0 Å². The van der Waals surface area contributed by atoms with Crippen LogP contribution in [0.15, 0.2) is 53.4 Å². The average Bonchev–Trinajstić information content (AvgIpc) is 2.60. The molecule has 0 radical (unpaired) electrons. The Morgan fingerprint density at radius 3 is 2.32 bits per heavy atom. The van der Waals surface area contributed by atoms with E-state index in [1.807, 2.05) is 0 Å². The van der Waals surface area contributed by atoms with Crippen LogP contribution in [0.5, 0.6) is 0 Å². The van der Waals surface area contributed by atoms with Crippen LogP contribution >= 0.6 is 0 Å². The van der Waals surface area contributed by atoms with Gasteiger partial charge in [-0.05, 0) is 50.2 Å². The third-order valence-corrected chi connectivity index (χ3v) is 5.13. The molecule has 2 aromatic rings. The quantitative estimate of drug-likeness (QED) is 0.742. The number of aryl methyl sites for hydroxylation is 1. The van der Waals surface area contributed by atoms with Crippen LogP contribution in [0.2, 0.25) is 0 Å². The molecule has 0 saturated heterocycles. The average molecular weight is 360 g/mol. The van der Waals surface area contributed by atoms with Crippen LogP contribution in [0.1, 0.15) is 29.3 Å². The van der Waals surface area contributed by atoms with Crippen LogP contribution in [0.4, 0.5) is 5.69 Å². The van der Waals surface area contributed by atoms with Gasteiger partial charge < -0.3 is 5.32 Å². The summed E-state index contributed by atoms with van der Waals surface area (Å²) in [4.78, 5) is 23.6. The molecule has 0 aliphatic rings. The maximum atomic E-state index is 12.0. The summed E-state index contributed by atoms with van der Waals surface area (Å²) in [6, 6.07) is 13.2. The van der Waals surface area contributed by atoms with Gasteiger partial charge in [-0.2, -0.15) is 0 Å². The van der Waals surface area contributed by atoms with E-state index in [9.17, 15) is 18.0 Å². The Morgan fingerprint density at radius 1 is 1.04 bits per heavy atom. The van der Waals surface area contributed by atoms with Crippen molar-refractivity contribution in [1.29, 1.82) is 0 Å². The van der Waals surface area contributed by atoms with E-state index in [4.69, 9.17) is 0 Å². The molecule has 6 nitrogen and oxygen atoms in total. The maximum absolute atomic E-state index is 12.0. The fraction of sp³-hybridized carbons (Fsp3) is 0.222. The summed E-state index contributed by atoms with van der Waals surface area (Å²) in [5, 5.41) is 2.76. The molecule has 2 N–H and O–H groups in total. The first kappa shape index (κ1) is 18.8. The number of benzene rings is 2. The Hall–Kier alpha value is -2.51. The minimum atomic E-state index is -3.45. The third-order valence-electron chi connectivity index (χ3n) is 3.70. The van der Waals surface area contributed by atoms with Gasteiger partial charge >= 0.3 is 0 Å². The molecule has 132 valence electrons. The van der Waals surface area contributed by atoms with Crippen molar-refractivity contribution in [3.63, 3.8) is 0 Å². The Morgan fingerprint density at radius 2 is 1.72 bits per heavy atom. The monoisotopic (exact) mass is 360 g/mol. The van der Waals surface area contributed by atoms with E-state index in [2.05, 4.69) is 10.0 Å². The molecule has 2 rings (SSSR count). The zero-order chi connectivity index (χ0) is 18.4. The summed E-state index contributed by atoms with van der Waals surface area (Å²) < 4.78 is 25.6. The van der Waals surface area contributed by atoms with Gasteiger partial charge in [0.25, 0.3) is 0 Å². The normalized spacial score (nSPS) is 11.1. The second kappa shape index (κ2) is 8.04. The molecular weight excluding hydrogens is 340 g/mol. The number of hydrogen-bond acceptors (Lipinski definition) is 4. The molecule has 0 aromatic heterocycles. The number of ketones is 1. The van der Waals surface area contributed by atoms with Gasteiger partial charge in [0.05, 0.1) is 4.90 Å². The first-order chi connectivity index (χ1) is 11.8. The molecule has 0 aliphatic heterocycles. The molecule has 0 spiro atoms. The van der Waals surface area contributed by atoms with E-state index in [1.54, 1.807) is 36.4 Å². The molecule has 0 bridgehead atoms. The highest BCUT2D eigenvalue weighted by atomic mass is 32.2. The number of nitrogens with one attached hydrogen (secondary N) is 2. The van der Waals surface area contributed by atoms with E-state index in [0.717, 1.165) is 5.56 Å². The Labute approximate surface area is 147 Å². The van der Waals surface area contributed by atoms with Gasteiger partial charge in [-0.1, -0.05) is 24.3 Å². The number of sulfonamides is 1. The zero-order valence-electron chi connectivity index (χ0n) is 14.1. The molecule has 0 heterocycles. The third kappa shape index (κ3) is 5.23. The molecule has 2 aromatic carbocycles. The number of anilines is 1. The molecule has 0 aliphatic carbocycles. The minimum absolute atomic E-state index is 0.0623. The van der Waals surface area contributed by atoms with Crippen LogP contribution in [0.25, 0.3) is 0 Å². The van der Waals surface area contributed by atoms with Gasteiger partial charge in [0, 0.05) is 17.7 Å². The van der Waals surface area contributed by atoms with Crippen molar-refractivity contribution >= 4 is 27.4 Å². The van der Waals surface area contributed by atoms with Gasteiger partial charge in [0.15, 0.2) is 5.78 Å². The molecule has 0 unspecified atom stereocenters. The standard InChI is InChI=1S/C18H20N2O4S/c1-13(21)15-4-3-5-16(12-15)20-18(22)11-8-14-6-9-17(10-7-14)25(23,24)19-2/h3-7,9-10,12,19H,8,11H2,1-2H3,(H,20,22). The van der Waals surface area contributed by atoms with Crippen LogP contribution in [0, 0.1) is 0 Å². The molecule has 1 amide bonds. The van der Waals surface area contributed by atoms with Crippen molar-refractivity contribution < 1.29 is 18.0 Å². The Bertz CT molecular complexity index is 874. The van der Waals surface area contributed by atoms with Crippen LogP contribution in [-0.4, -0.2) is 27.2 Å². The predicted octanol–water partition coefficient (Wildman–Crippen LogP) is 2.37. The minimum Gasteiger partial charge on any atom is -0.326 e. The fourth-order valence-electron chi connectivity index (χ4n) is 2.25. The lowest BCUT2D eigenvalue weighted by Gasteiger charge is -2.07. The van der Waals surface area contributed by atoms with Crippen LogP contribution in [0.3, 0.4) is 0 Å². The lowest BCUT2D eigenvalue weighted by molar-refractivity contribution is -0.116. The van der Waals surface area contributed by atoms with Crippen molar-refractivity contribution in [1.82, 2.24) is 4.72 Å². The SMILES string of the molecule is CNS(=O)(=O)c1ccc(CCC(=O)Nc2cccc(C(C)=O)c2)cc1. The molecular formula is C18H20N2O4S. The number of amides is 1. The summed E-state index contributed by atoms with van der Waals surface area (Å²) in [5.74, 6) is -0.236. The van der Waals surface area contributed by atoms with E-state index in [1.165, 1.54) is 26.1 Å². The molecule has 7 heteroatoms. The number of rotatable bonds is 7. The van der Waals surface area contributed by atoms with Crippen LogP contribution in [-0.2, 0) is 21.2 Å². The van der Waals surface area contributed by atoms with Crippen LogP contribution < -0.4 is 10.0 Å². The number of Topliss-reactive ketones (excluding diaryl/α,β-unsaturated/α-hetero) is 1. The first-order valence-electron chi connectivity index (χ1n) is 7.75. The predicted molar refractivity (Wildman–Crippen MR) is 96.1 cm³/mol. The number of carbonyl (C=O) groups is 2. The van der Waals surface area contributed by atoms with Gasteiger partial charge in [-0.15, -0.1) is 0 Å². The lowest BCUT2D eigenvalue weighted by Crippen LogP contribution is -2.18. The lowest BCUT2D eigenvalue weighted by atomic mass is 10.1. The molecule has 0 atom stereocenters. The van der Waals surface area contributed by atoms with Gasteiger partial charge in [0.2, 0.25) is 15.9 Å². The summed E-state index contributed by atoms with van der Waals surface area (Å²) >= 11 is 0. The highest BCUT2D eigenvalue weighted by molar-refractivity contribution is 7.89. The molecule has 0 fully saturated rings. The van der Waals surface area contributed by atoms with E-state index in [-0.39, 0.29) is 23.0 Å². The van der Waals surface area contributed by atoms with Crippen molar-refractivity contribution in [2.24, 2.45) is 0 Å². The summed E-state index contributed by atoms with van der Waals surface area (Å²) in [7, 11) is -2.10. The second-order valence-electron chi connectivity index (χ2n) is 5.54. The van der Waals surface area contributed by atoms with Crippen molar-refractivity contribution in [2.45, 2.75) is 24.7 Å². The van der Waals surface area contributed by atoms with Crippen molar-refractivity contribution in [3.8, 4) is 0 Å². The first-order valence-corrected chi connectivity index (χ1v) is 9.23. The topological polar surface area (TPSA) is 92.3 Å². The van der Waals surface area contributed by atoms with Crippen molar-refractivity contribution in [2.75, 3.05) is 12.4 Å². The summed E-state index contributed by atoms with van der Waals surface area (Å²) in [6.07, 6.45) is 0.737. The van der Waals surface area contributed by atoms with E-state index >= 15 is 0 Å². The smallest absolute Gasteiger partial charge is 0.240 e. The highest BCUT2D eigenvalue weighted by Gasteiger charge is 2.11. The van der Waals surface area contributed by atoms with Gasteiger partial charge in [0.1, 0.15) is 0 Å². The van der Waals surface area contributed by atoms with Crippen molar-refractivity contribution in [3.05, 3.63) is 59.7 Å². The maximum Gasteiger partial charge on any atom is 0.240 e. The fourth-order valence-corrected chi connectivity index (χ4v) is 2.98. The Balaban J connectivity index is 1.94. The van der Waals surface area contributed by atoms with E-state index in [0.29, 0.717) is 17.7 Å². The van der Waals surface area contributed by atoms with Gasteiger partial charge in [-0.3, -0.25) is 9.59 Å². The Kier molecular flexibility index (Phi) is 6.06. The molecule has 0 saturated carbocycles. The second-order valence-corrected chi connectivity index (χ2v) is 7.42. The zero-order valence-corrected chi connectivity index (χ0v) is 14.9. The largest absolute Gasteiger partial charge is 0.326 e. The summed E-state index contributed by atoms with van der Waals surface area (Å²) in [6.45, 7) is 1.47. The summed E-state index contributed by atoms with van der Waals surface area (Å²) in [5.41, 5.74) is 1.98. The number of carbonyl (C=O) groups excluding carboxylic acids is 2. The molecule has 25 heavy (non-hydrogen) atoms. The van der Waals surface area contributed by atoms with Gasteiger partial charge in [-0.25, -0.2) is 13.1 Å². The highest BCUT2D eigenvalue weighted by Crippen LogP contribution is 2.14.